The van der Waals surface area contributed by atoms with Gasteiger partial charge in [-0.25, -0.2) is 0 Å². The molecule has 1 aromatic rings. The molecular weight excluding hydrogens is 234 g/mol. The van der Waals surface area contributed by atoms with Gasteiger partial charge in [0.15, 0.2) is 0 Å². The fraction of sp³-hybridized carbons (Fsp3) is 0.625. The Morgan fingerprint density at radius 2 is 2.05 bits per heavy atom. The van der Waals surface area contributed by atoms with Crippen molar-refractivity contribution >= 4 is 0 Å². The lowest BCUT2D eigenvalue weighted by atomic mass is 9.96. The normalized spacial score (nSPS) is 29.8. The lowest BCUT2D eigenvalue weighted by molar-refractivity contribution is 0.0690. The van der Waals surface area contributed by atoms with E-state index in [1.807, 2.05) is 0 Å². The molecule has 1 aromatic carbocycles. The standard InChI is InChI=1S/C16H25N3/c1-13-12-19(10-9-18(13)2)16-7-8-17-11-14-5-3-4-6-15(14)16/h3-6,13,16-17H,7-12H2,1-2H3. The Bertz CT molecular complexity index is 432. The van der Waals surface area contributed by atoms with Crippen LogP contribution in [0, 0.1) is 0 Å². The van der Waals surface area contributed by atoms with E-state index in [2.05, 4.69) is 53.4 Å². The summed E-state index contributed by atoms with van der Waals surface area (Å²) in [6.07, 6.45) is 1.23. The second-order valence-corrected chi connectivity index (χ2v) is 6.00. The summed E-state index contributed by atoms with van der Waals surface area (Å²) < 4.78 is 0. The summed E-state index contributed by atoms with van der Waals surface area (Å²) in [5.41, 5.74) is 3.03. The zero-order valence-electron chi connectivity index (χ0n) is 12.1. The summed E-state index contributed by atoms with van der Waals surface area (Å²) in [6.45, 7) is 8.06. The lowest BCUT2D eigenvalue weighted by Gasteiger charge is -2.42. The number of benzene rings is 1. The van der Waals surface area contributed by atoms with Crippen LogP contribution in [0.4, 0.5) is 0 Å². The van der Waals surface area contributed by atoms with Crippen molar-refractivity contribution in [3.05, 3.63) is 35.4 Å². The van der Waals surface area contributed by atoms with Crippen LogP contribution < -0.4 is 5.32 Å². The molecule has 2 aliphatic heterocycles. The number of piperazine rings is 1. The molecule has 3 rings (SSSR count). The largest absolute Gasteiger partial charge is 0.313 e. The predicted molar refractivity (Wildman–Crippen MR) is 79.2 cm³/mol. The zero-order valence-corrected chi connectivity index (χ0v) is 12.1. The summed E-state index contributed by atoms with van der Waals surface area (Å²) in [5.74, 6) is 0. The van der Waals surface area contributed by atoms with Gasteiger partial charge in [-0.1, -0.05) is 24.3 Å². The highest BCUT2D eigenvalue weighted by molar-refractivity contribution is 5.31. The Balaban J connectivity index is 1.84. The number of likely N-dealkylation sites (N-methyl/N-ethyl adjacent to an activating group) is 1. The average molecular weight is 259 g/mol. The molecule has 0 aromatic heterocycles. The lowest BCUT2D eigenvalue weighted by Crippen LogP contribution is -2.51. The summed E-state index contributed by atoms with van der Waals surface area (Å²) in [4.78, 5) is 5.16. The van der Waals surface area contributed by atoms with Gasteiger partial charge in [-0.3, -0.25) is 4.90 Å². The van der Waals surface area contributed by atoms with Crippen LogP contribution in [0.1, 0.15) is 30.5 Å². The molecule has 2 atom stereocenters. The molecule has 0 bridgehead atoms. The second-order valence-electron chi connectivity index (χ2n) is 6.00. The summed E-state index contributed by atoms with van der Waals surface area (Å²) in [5, 5.41) is 3.56. The Labute approximate surface area is 116 Å². The topological polar surface area (TPSA) is 18.5 Å². The molecule has 0 radical (unpaired) electrons. The van der Waals surface area contributed by atoms with Crippen LogP contribution in [0.3, 0.4) is 0 Å². The zero-order chi connectivity index (χ0) is 13.2. The molecular formula is C16H25N3. The molecule has 1 fully saturated rings. The van der Waals surface area contributed by atoms with Crippen molar-refractivity contribution in [3.8, 4) is 0 Å². The van der Waals surface area contributed by atoms with E-state index in [1.165, 1.54) is 31.6 Å². The van der Waals surface area contributed by atoms with Gasteiger partial charge in [-0.15, -0.1) is 0 Å². The monoisotopic (exact) mass is 259 g/mol. The van der Waals surface area contributed by atoms with E-state index >= 15 is 0 Å². The van der Waals surface area contributed by atoms with Gasteiger partial charge in [-0.05, 0) is 38.1 Å². The maximum Gasteiger partial charge on any atom is 0.0364 e. The molecule has 0 saturated carbocycles. The molecule has 1 saturated heterocycles. The number of nitrogens with zero attached hydrogens (tertiary/aromatic N) is 2. The van der Waals surface area contributed by atoms with E-state index in [0.29, 0.717) is 12.1 Å². The van der Waals surface area contributed by atoms with Crippen LogP contribution in [0.25, 0.3) is 0 Å². The van der Waals surface area contributed by atoms with Gasteiger partial charge < -0.3 is 10.2 Å². The van der Waals surface area contributed by atoms with Gasteiger partial charge >= 0.3 is 0 Å². The first kappa shape index (κ1) is 13.1. The van der Waals surface area contributed by atoms with E-state index in [9.17, 15) is 0 Å². The third-order valence-electron chi connectivity index (χ3n) is 4.76. The van der Waals surface area contributed by atoms with E-state index in [1.54, 1.807) is 5.56 Å². The maximum atomic E-state index is 3.56. The molecule has 1 N–H and O–H groups in total. The van der Waals surface area contributed by atoms with Crippen LogP contribution in [-0.4, -0.2) is 49.1 Å². The van der Waals surface area contributed by atoms with Crippen molar-refractivity contribution < 1.29 is 0 Å². The first-order chi connectivity index (χ1) is 9.25. The molecule has 2 aliphatic rings. The molecule has 2 heterocycles. The molecule has 2 unspecified atom stereocenters. The highest BCUT2D eigenvalue weighted by Gasteiger charge is 2.29. The van der Waals surface area contributed by atoms with Gasteiger partial charge in [-0.2, -0.15) is 0 Å². The average Bonchev–Trinajstić information content (AvgIpc) is 2.64. The highest BCUT2D eigenvalue weighted by Crippen LogP contribution is 2.30. The smallest absolute Gasteiger partial charge is 0.0364 e. The minimum absolute atomic E-state index is 0.599. The van der Waals surface area contributed by atoms with Crippen molar-refractivity contribution in [1.29, 1.82) is 0 Å². The second kappa shape index (κ2) is 5.61. The molecule has 19 heavy (non-hydrogen) atoms. The molecule has 3 nitrogen and oxygen atoms in total. The van der Waals surface area contributed by atoms with Crippen LogP contribution >= 0.6 is 0 Å². The minimum atomic E-state index is 0.599. The van der Waals surface area contributed by atoms with Crippen LogP contribution in [0.15, 0.2) is 24.3 Å². The van der Waals surface area contributed by atoms with E-state index < -0.39 is 0 Å². The van der Waals surface area contributed by atoms with Crippen LogP contribution in [0.5, 0.6) is 0 Å². The number of nitrogens with one attached hydrogen (secondary N) is 1. The minimum Gasteiger partial charge on any atom is -0.313 e. The van der Waals surface area contributed by atoms with Gasteiger partial charge in [0, 0.05) is 38.3 Å². The third kappa shape index (κ3) is 2.69. The Morgan fingerprint density at radius 3 is 2.89 bits per heavy atom. The quantitative estimate of drug-likeness (QED) is 0.830. The van der Waals surface area contributed by atoms with Gasteiger partial charge in [0.05, 0.1) is 0 Å². The number of hydrogen-bond acceptors (Lipinski definition) is 3. The number of hydrogen-bond donors (Lipinski definition) is 1. The molecule has 0 aliphatic carbocycles. The van der Waals surface area contributed by atoms with Crippen molar-refractivity contribution in [2.45, 2.75) is 32.0 Å². The van der Waals surface area contributed by atoms with Crippen molar-refractivity contribution in [3.63, 3.8) is 0 Å². The Hall–Kier alpha value is -0.900. The SMILES string of the molecule is CC1CN(C2CCNCc3ccccc32)CCN1C. The van der Waals surface area contributed by atoms with E-state index in [-0.39, 0.29) is 0 Å². The number of fused-ring (bicyclic) bond motifs is 1. The summed E-state index contributed by atoms with van der Waals surface area (Å²) >= 11 is 0. The van der Waals surface area contributed by atoms with Crippen LogP contribution in [-0.2, 0) is 6.54 Å². The Kier molecular flexibility index (Phi) is 3.87. The van der Waals surface area contributed by atoms with E-state index in [4.69, 9.17) is 0 Å². The summed E-state index contributed by atoms with van der Waals surface area (Å²) in [6, 6.07) is 10.2. The highest BCUT2D eigenvalue weighted by atomic mass is 15.3. The maximum absolute atomic E-state index is 3.56. The third-order valence-corrected chi connectivity index (χ3v) is 4.76. The van der Waals surface area contributed by atoms with Gasteiger partial charge in [0.25, 0.3) is 0 Å². The van der Waals surface area contributed by atoms with Crippen molar-refractivity contribution in [1.82, 2.24) is 15.1 Å². The van der Waals surface area contributed by atoms with Crippen molar-refractivity contribution in [2.24, 2.45) is 0 Å². The molecule has 0 amide bonds. The predicted octanol–water partition coefficient (Wildman–Crippen LogP) is 1.86. The number of rotatable bonds is 1. The molecule has 3 heteroatoms. The molecule has 0 spiro atoms. The summed E-state index contributed by atoms with van der Waals surface area (Å²) in [7, 11) is 2.24. The Morgan fingerprint density at radius 1 is 1.21 bits per heavy atom. The first-order valence-corrected chi connectivity index (χ1v) is 7.48. The van der Waals surface area contributed by atoms with Gasteiger partial charge in [0.1, 0.15) is 0 Å². The van der Waals surface area contributed by atoms with Crippen molar-refractivity contribution in [2.75, 3.05) is 33.2 Å². The molecule has 104 valence electrons. The van der Waals surface area contributed by atoms with Gasteiger partial charge in [0.2, 0.25) is 0 Å². The van der Waals surface area contributed by atoms with Crippen LogP contribution in [0.2, 0.25) is 0 Å². The fourth-order valence-corrected chi connectivity index (χ4v) is 3.38. The van der Waals surface area contributed by atoms with E-state index in [0.717, 1.165) is 13.1 Å². The first-order valence-electron chi connectivity index (χ1n) is 7.48. The fourth-order valence-electron chi connectivity index (χ4n) is 3.38.